The normalized spacial score (nSPS) is 10.8. The molecule has 0 atom stereocenters. The highest BCUT2D eigenvalue weighted by molar-refractivity contribution is 5.53. The number of alkyl halides is 2. The lowest BCUT2D eigenvalue weighted by Crippen LogP contribution is -2.23. The van der Waals surface area contributed by atoms with Crippen LogP contribution in [0.15, 0.2) is 48.5 Å². The molecule has 0 spiro atoms. The van der Waals surface area contributed by atoms with Crippen molar-refractivity contribution in [3.8, 4) is 11.8 Å². The van der Waals surface area contributed by atoms with E-state index in [0.29, 0.717) is 5.69 Å². The number of halogens is 2. The van der Waals surface area contributed by atoms with Gasteiger partial charge in [-0.2, -0.15) is 14.0 Å². The van der Waals surface area contributed by atoms with Gasteiger partial charge in [-0.1, -0.05) is 30.3 Å². The first-order chi connectivity index (χ1) is 9.53. The molecule has 0 heterocycles. The zero-order chi connectivity index (χ0) is 14.6. The fourth-order valence-electron chi connectivity index (χ4n) is 1.69. The quantitative estimate of drug-likeness (QED) is 0.870. The van der Waals surface area contributed by atoms with Crippen LogP contribution in [-0.4, -0.2) is 6.61 Å². The molecule has 0 amide bonds. The topological polar surface area (TPSA) is 59.0 Å². The molecular formula is C15H12F2N2O. The second kappa shape index (κ2) is 5.57. The van der Waals surface area contributed by atoms with Crippen molar-refractivity contribution in [2.24, 2.45) is 0 Å². The van der Waals surface area contributed by atoms with Gasteiger partial charge in [-0.15, -0.1) is 0 Å². The van der Waals surface area contributed by atoms with Crippen LogP contribution < -0.4 is 10.5 Å². The Balaban J connectivity index is 2.15. The number of hydrogen-bond acceptors (Lipinski definition) is 3. The smallest absolute Gasteiger partial charge is 0.306 e. The van der Waals surface area contributed by atoms with E-state index in [4.69, 9.17) is 15.7 Å². The minimum atomic E-state index is -3.13. The van der Waals surface area contributed by atoms with E-state index in [-0.39, 0.29) is 16.9 Å². The molecule has 2 aromatic carbocycles. The molecule has 3 nitrogen and oxygen atoms in total. The fraction of sp³-hybridized carbons (Fsp3) is 0.133. The minimum absolute atomic E-state index is 0.0947. The second-order valence-corrected chi connectivity index (χ2v) is 4.23. The van der Waals surface area contributed by atoms with E-state index in [1.807, 2.05) is 6.07 Å². The summed E-state index contributed by atoms with van der Waals surface area (Å²) in [5.74, 6) is -3.03. The zero-order valence-corrected chi connectivity index (χ0v) is 10.5. The Morgan fingerprint density at radius 3 is 2.50 bits per heavy atom. The molecule has 102 valence electrons. The summed E-state index contributed by atoms with van der Waals surface area (Å²) in [4.78, 5) is 0. The van der Waals surface area contributed by atoms with Gasteiger partial charge in [-0.25, -0.2) is 0 Å². The number of rotatable bonds is 4. The van der Waals surface area contributed by atoms with Gasteiger partial charge < -0.3 is 10.5 Å². The van der Waals surface area contributed by atoms with Crippen LogP contribution in [0.2, 0.25) is 0 Å². The van der Waals surface area contributed by atoms with E-state index in [0.717, 1.165) is 0 Å². The van der Waals surface area contributed by atoms with Gasteiger partial charge in [0.25, 0.3) is 0 Å². The van der Waals surface area contributed by atoms with E-state index in [2.05, 4.69) is 0 Å². The zero-order valence-electron chi connectivity index (χ0n) is 10.5. The fourth-order valence-corrected chi connectivity index (χ4v) is 1.69. The van der Waals surface area contributed by atoms with Gasteiger partial charge in [0.05, 0.1) is 5.56 Å². The van der Waals surface area contributed by atoms with E-state index < -0.39 is 12.5 Å². The number of ether oxygens (including phenoxy) is 1. The minimum Gasteiger partial charge on any atom is -0.486 e. The van der Waals surface area contributed by atoms with Crippen LogP contribution in [-0.2, 0) is 5.92 Å². The molecule has 20 heavy (non-hydrogen) atoms. The molecule has 0 bridgehead atoms. The molecule has 2 aromatic rings. The number of anilines is 1. The molecule has 2 N–H and O–H groups in total. The molecule has 0 aliphatic heterocycles. The molecule has 0 saturated carbocycles. The largest absolute Gasteiger partial charge is 0.486 e. The van der Waals surface area contributed by atoms with Gasteiger partial charge in [-0.3, -0.25) is 0 Å². The van der Waals surface area contributed by atoms with Gasteiger partial charge >= 0.3 is 5.92 Å². The number of nitrogens with two attached hydrogens (primary N) is 1. The molecular weight excluding hydrogens is 262 g/mol. The number of nitriles is 1. The molecule has 0 aliphatic carbocycles. The monoisotopic (exact) mass is 274 g/mol. The standard InChI is InChI=1S/C15H12F2N2O/c16-15(17,12-4-2-1-3-5-12)10-20-14-7-6-13(19)8-11(14)9-18/h1-8H,10,19H2. The second-order valence-electron chi connectivity index (χ2n) is 4.23. The molecule has 0 radical (unpaired) electrons. The molecule has 0 saturated heterocycles. The Morgan fingerprint density at radius 1 is 1.15 bits per heavy atom. The number of nitrogen functional groups attached to an aromatic ring is 1. The van der Waals surface area contributed by atoms with Crippen LogP contribution in [0.3, 0.4) is 0 Å². The average Bonchev–Trinajstić information content (AvgIpc) is 2.46. The summed E-state index contributed by atoms with van der Waals surface area (Å²) in [6.45, 7) is -0.838. The summed E-state index contributed by atoms with van der Waals surface area (Å²) >= 11 is 0. The summed E-state index contributed by atoms with van der Waals surface area (Å²) < 4.78 is 32.9. The highest BCUT2D eigenvalue weighted by Gasteiger charge is 2.32. The van der Waals surface area contributed by atoms with Crippen LogP contribution >= 0.6 is 0 Å². The maximum absolute atomic E-state index is 13.9. The summed E-state index contributed by atoms with van der Waals surface area (Å²) in [5, 5.41) is 8.92. The Hall–Kier alpha value is -2.61. The molecule has 0 fully saturated rings. The highest BCUT2D eigenvalue weighted by Crippen LogP contribution is 2.30. The third-order valence-electron chi connectivity index (χ3n) is 2.73. The van der Waals surface area contributed by atoms with Crippen molar-refractivity contribution in [2.75, 3.05) is 12.3 Å². The Bertz CT molecular complexity index is 636. The van der Waals surface area contributed by atoms with Crippen molar-refractivity contribution in [2.45, 2.75) is 5.92 Å². The average molecular weight is 274 g/mol. The van der Waals surface area contributed by atoms with Crippen molar-refractivity contribution >= 4 is 5.69 Å². The van der Waals surface area contributed by atoms with Crippen molar-refractivity contribution in [3.05, 3.63) is 59.7 Å². The van der Waals surface area contributed by atoms with Gasteiger partial charge in [0.15, 0.2) is 6.61 Å². The Labute approximate surface area is 115 Å². The van der Waals surface area contributed by atoms with E-state index in [1.165, 1.54) is 42.5 Å². The number of nitrogens with zero attached hydrogens (tertiary/aromatic N) is 1. The first-order valence-corrected chi connectivity index (χ1v) is 5.89. The predicted octanol–water partition coefficient (Wildman–Crippen LogP) is 3.31. The first-order valence-electron chi connectivity index (χ1n) is 5.89. The van der Waals surface area contributed by atoms with Crippen molar-refractivity contribution in [1.82, 2.24) is 0 Å². The summed E-state index contributed by atoms with van der Waals surface area (Å²) in [6, 6.07) is 13.5. The Morgan fingerprint density at radius 2 is 1.85 bits per heavy atom. The van der Waals surface area contributed by atoms with Crippen molar-refractivity contribution in [3.63, 3.8) is 0 Å². The molecule has 0 aromatic heterocycles. The predicted molar refractivity (Wildman–Crippen MR) is 71.4 cm³/mol. The molecule has 2 rings (SSSR count). The molecule has 0 aliphatic rings. The van der Waals surface area contributed by atoms with Crippen LogP contribution in [0.5, 0.6) is 5.75 Å². The van der Waals surface area contributed by atoms with Crippen LogP contribution in [0.25, 0.3) is 0 Å². The van der Waals surface area contributed by atoms with Gasteiger partial charge in [0, 0.05) is 11.3 Å². The van der Waals surface area contributed by atoms with Gasteiger partial charge in [0.2, 0.25) is 0 Å². The van der Waals surface area contributed by atoms with Crippen LogP contribution in [0, 0.1) is 11.3 Å². The lowest BCUT2D eigenvalue weighted by Gasteiger charge is -2.18. The van der Waals surface area contributed by atoms with Crippen LogP contribution in [0.4, 0.5) is 14.5 Å². The number of hydrogen-bond donors (Lipinski definition) is 1. The van der Waals surface area contributed by atoms with E-state index in [9.17, 15) is 8.78 Å². The van der Waals surface area contributed by atoms with Gasteiger partial charge in [-0.05, 0) is 18.2 Å². The van der Waals surface area contributed by atoms with E-state index in [1.54, 1.807) is 6.07 Å². The Kier molecular flexibility index (Phi) is 3.85. The van der Waals surface area contributed by atoms with E-state index >= 15 is 0 Å². The molecule has 0 unspecified atom stereocenters. The van der Waals surface area contributed by atoms with Crippen molar-refractivity contribution < 1.29 is 13.5 Å². The first kappa shape index (κ1) is 13.8. The molecule has 5 heteroatoms. The summed E-state index contributed by atoms with van der Waals surface area (Å²) in [6.07, 6.45) is 0. The summed E-state index contributed by atoms with van der Waals surface area (Å²) in [5.41, 5.74) is 5.90. The maximum Gasteiger partial charge on any atom is 0.306 e. The maximum atomic E-state index is 13.9. The van der Waals surface area contributed by atoms with Crippen LogP contribution in [0.1, 0.15) is 11.1 Å². The van der Waals surface area contributed by atoms with Crippen molar-refractivity contribution in [1.29, 1.82) is 5.26 Å². The lowest BCUT2D eigenvalue weighted by atomic mass is 10.1. The highest BCUT2D eigenvalue weighted by atomic mass is 19.3. The SMILES string of the molecule is N#Cc1cc(N)ccc1OCC(F)(F)c1ccccc1. The number of benzene rings is 2. The lowest BCUT2D eigenvalue weighted by molar-refractivity contribution is -0.0467. The third-order valence-corrected chi connectivity index (χ3v) is 2.73. The third kappa shape index (κ3) is 3.04. The summed E-state index contributed by atoms with van der Waals surface area (Å²) in [7, 11) is 0. The van der Waals surface area contributed by atoms with Gasteiger partial charge in [0.1, 0.15) is 11.8 Å².